The number of hydrogen-bond acceptors (Lipinski definition) is 5. The number of nitrogens with one attached hydrogen (secondary N) is 1. The Bertz CT molecular complexity index is 744. The van der Waals surface area contributed by atoms with Gasteiger partial charge in [0.2, 0.25) is 0 Å². The van der Waals surface area contributed by atoms with E-state index in [0.717, 1.165) is 5.76 Å². The summed E-state index contributed by atoms with van der Waals surface area (Å²) in [6.07, 6.45) is 6.39. The van der Waals surface area contributed by atoms with E-state index in [1.165, 1.54) is 9.08 Å². The van der Waals surface area contributed by atoms with E-state index in [-0.39, 0.29) is 11.7 Å². The first kappa shape index (κ1) is 12.6. The molecule has 3 heterocycles. The van der Waals surface area contributed by atoms with E-state index in [4.69, 9.17) is 4.42 Å². The first-order chi connectivity index (χ1) is 9.75. The Kier molecular flexibility index (Phi) is 3.34. The van der Waals surface area contributed by atoms with Gasteiger partial charge in [0.25, 0.3) is 0 Å². The summed E-state index contributed by atoms with van der Waals surface area (Å²) in [6, 6.07) is 3.87. The molecule has 1 atom stereocenters. The van der Waals surface area contributed by atoms with Crippen LogP contribution in [-0.2, 0) is 6.54 Å². The molecule has 0 aliphatic carbocycles. The molecule has 20 heavy (non-hydrogen) atoms. The molecule has 3 aromatic rings. The maximum absolute atomic E-state index is 12.0. The lowest BCUT2D eigenvalue weighted by molar-refractivity contribution is 0.417. The zero-order chi connectivity index (χ0) is 13.9. The molecule has 0 radical (unpaired) electrons. The van der Waals surface area contributed by atoms with Crippen LogP contribution >= 0.6 is 0 Å². The highest BCUT2D eigenvalue weighted by Gasteiger charge is 2.09. The summed E-state index contributed by atoms with van der Waals surface area (Å²) in [6.45, 7) is 3.12. The van der Waals surface area contributed by atoms with E-state index in [1.807, 2.05) is 19.1 Å². The molecule has 0 aliphatic rings. The SMILES string of the molecule is CC(NCCn1nc2cnccn2c1=O)c1ccco1. The van der Waals surface area contributed by atoms with E-state index in [9.17, 15) is 4.79 Å². The lowest BCUT2D eigenvalue weighted by Gasteiger charge is -2.10. The zero-order valence-corrected chi connectivity index (χ0v) is 11.1. The van der Waals surface area contributed by atoms with Gasteiger partial charge in [-0.1, -0.05) is 0 Å². The number of aromatic nitrogens is 4. The maximum Gasteiger partial charge on any atom is 0.350 e. The molecule has 0 saturated heterocycles. The van der Waals surface area contributed by atoms with Crippen molar-refractivity contribution in [1.29, 1.82) is 0 Å². The van der Waals surface area contributed by atoms with Gasteiger partial charge in [-0.05, 0) is 19.1 Å². The highest BCUT2D eigenvalue weighted by molar-refractivity contribution is 5.31. The third kappa shape index (κ3) is 2.35. The summed E-state index contributed by atoms with van der Waals surface area (Å²) in [5.74, 6) is 0.872. The Hall–Kier alpha value is -2.41. The number of furan rings is 1. The normalized spacial score (nSPS) is 12.8. The van der Waals surface area contributed by atoms with Gasteiger partial charge in [0.15, 0.2) is 5.65 Å². The predicted molar refractivity (Wildman–Crippen MR) is 72.4 cm³/mol. The second kappa shape index (κ2) is 5.30. The maximum atomic E-state index is 12.0. The van der Waals surface area contributed by atoms with E-state index >= 15 is 0 Å². The van der Waals surface area contributed by atoms with Crippen molar-refractivity contribution in [2.24, 2.45) is 0 Å². The summed E-state index contributed by atoms with van der Waals surface area (Å²) in [7, 11) is 0. The molecular formula is C13H15N5O2. The molecule has 0 fully saturated rings. The number of hydrogen-bond donors (Lipinski definition) is 1. The lowest BCUT2D eigenvalue weighted by Crippen LogP contribution is -2.28. The fourth-order valence-electron chi connectivity index (χ4n) is 2.05. The first-order valence-electron chi connectivity index (χ1n) is 6.41. The summed E-state index contributed by atoms with van der Waals surface area (Å²) < 4.78 is 8.22. The molecular weight excluding hydrogens is 258 g/mol. The minimum absolute atomic E-state index is 0.0967. The van der Waals surface area contributed by atoms with Gasteiger partial charge in [-0.25, -0.2) is 13.9 Å². The van der Waals surface area contributed by atoms with E-state index in [0.29, 0.717) is 18.7 Å². The van der Waals surface area contributed by atoms with Crippen LogP contribution in [0.3, 0.4) is 0 Å². The molecule has 0 aliphatic heterocycles. The van der Waals surface area contributed by atoms with Gasteiger partial charge >= 0.3 is 5.69 Å². The molecule has 3 rings (SSSR count). The van der Waals surface area contributed by atoms with Crippen LogP contribution in [0.2, 0.25) is 0 Å². The Morgan fingerprint density at radius 3 is 3.15 bits per heavy atom. The fraction of sp³-hybridized carbons (Fsp3) is 0.308. The molecule has 1 unspecified atom stereocenters. The molecule has 1 N–H and O–H groups in total. The largest absolute Gasteiger partial charge is 0.468 e. The van der Waals surface area contributed by atoms with Gasteiger partial charge in [0.05, 0.1) is 25.0 Å². The molecule has 0 amide bonds. The quantitative estimate of drug-likeness (QED) is 0.745. The van der Waals surface area contributed by atoms with Gasteiger partial charge in [-0.3, -0.25) is 4.98 Å². The van der Waals surface area contributed by atoms with Gasteiger partial charge < -0.3 is 9.73 Å². The van der Waals surface area contributed by atoms with Crippen molar-refractivity contribution < 1.29 is 4.42 Å². The summed E-state index contributed by atoms with van der Waals surface area (Å²) >= 11 is 0. The Balaban J connectivity index is 1.66. The van der Waals surface area contributed by atoms with Crippen LogP contribution in [0.5, 0.6) is 0 Å². The van der Waals surface area contributed by atoms with Crippen LogP contribution < -0.4 is 11.0 Å². The average Bonchev–Trinajstić information content (AvgIpc) is 3.09. The highest BCUT2D eigenvalue weighted by atomic mass is 16.3. The fourth-order valence-corrected chi connectivity index (χ4v) is 2.05. The standard InChI is InChI=1S/C13H15N5O2/c1-10(11-3-2-8-20-11)15-5-7-18-13(19)17-6-4-14-9-12(17)16-18/h2-4,6,8-10,15H,5,7H2,1H3. The molecule has 0 saturated carbocycles. The second-order valence-electron chi connectivity index (χ2n) is 4.50. The van der Waals surface area contributed by atoms with Crippen LogP contribution in [0.1, 0.15) is 18.7 Å². The minimum Gasteiger partial charge on any atom is -0.468 e. The van der Waals surface area contributed by atoms with Crippen molar-refractivity contribution in [3.63, 3.8) is 0 Å². The van der Waals surface area contributed by atoms with Crippen molar-refractivity contribution >= 4 is 5.65 Å². The van der Waals surface area contributed by atoms with Gasteiger partial charge in [-0.15, -0.1) is 5.10 Å². The predicted octanol–water partition coefficient (Wildman–Crippen LogP) is 0.835. The van der Waals surface area contributed by atoms with Crippen LogP contribution in [0.25, 0.3) is 5.65 Å². The van der Waals surface area contributed by atoms with Crippen molar-refractivity contribution in [3.8, 4) is 0 Å². The molecule has 3 aromatic heterocycles. The first-order valence-corrected chi connectivity index (χ1v) is 6.41. The zero-order valence-electron chi connectivity index (χ0n) is 11.1. The molecule has 0 bridgehead atoms. The third-order valence-electron chi connectivity index (χ3n) is 3.13. The Morgan fingerprint density at radius 2 is 2.40 bits per heavy atom. The molecule has 0 aromatic carbocycles. The highest BCUT2D eigenvalue weighted by Crippen LogP contribution is 2.11. The van der Waals surface area contributed by atoms with Crippen molar-refractivity contribution in [1.82, 2.24) is 24.5 Å². The van der Waals surface area contributed by atoms with Crippen molar-refractivity contribution in [2.75, 3.05) is 6.54 Å². The topological polar surface area (TPSA) is 77.4 Å². The number of fused-ring (bicyclic) bond motifs is 1. The molecule has 7 heteroatoms. The average molecular weight is 273 g/mol. The van der Waals surface area contributed by atoms with Gasteiger partial charge in [-0.2, -0.15) is 0 Å². The Morgan fingerprint density at radius 1 is 1.50 bits per heavy atom. The van der Waals surface area contributed by atoms with Crippen LogP contribution in [0.15, 0.2) is 46.2 Å². The molecule has 7 nitrogen and oxygen atoms in total. The van der Waals surface area contributed by atoms with Crippen LogP contribution in [0.4, 0.5) is 0 Å². The molecule has 0 spiro atoms. The number of rotatable bonds is 5. The van der Waals surface area contributed by atoms with E-state index < -0.39 is 0 Å². The smallest absolute Gasteiger partial charge is 0.350 e. The van der Waals surface area contributed by atoms with Gasteiger partial charge in [0, 0.05) is 18.9 Å². The second-order valence-corrected chi connectivity index (χ2v) is 4.50. The summed E-state index contributed by atoms with van der Waals surface area (Å²) in [5, 5.41) is 7.50. The summed E-state index contributed by atoms with van der Waals surface area (Å²) in [5.41, 5.74) is 0.395. The van der Waals surface area contributed by atoms with Crippen molar-refractivity contribution in [3.05, 3.63) is 53.2 Å². The third-order valence-corrected chi connectivity index (χ3v) is 3.13. The van der Waals surface area contributed by atoms with E-state index in [1.54, 1.807) is 24.9 Å². The van der Waals surface area contributed by atoms with Gasteiger partial charge in [0.1, 0.15) is 5.76 Å². The van der Waals surface area contributed by atoms with Crippen molar-refractivity contribution in [2.45, 2.75) is 19.5 Å². The van der Waals surface area contributed by atoms with Crippen LogP contribution in [0, 0.1) is 0 Å². The lowest BCUT2D eigenvalue weighted by atomic mass is 10.2. The minimum atomic E-state index is -0.158. The van der Waals surface area contributed by atoms with Crippen LogP contribution in [-0.4, -0.2) is 25.7 Å². The monoisotopic (exact) mass is 273 g/mol. The Labute approximate surface area is 114 Å². The van der Waals surface area contributed by atoms with E-state index in [2.05, 4.69) is 15.4 Å². The number of nitrogens with zero attached hydrogens (tertiary/aromatic N) is 4. The summed E-state index contributed by atoms with van der Waals surface area (Å²) in [4.78, 5) is 16.0. The molecule has 104 valence electrons.